The molecule has 3 aromatic rings. The minimum atomic E-state index is -0.341. The van der Waals surface area contributed by atoms with E-state index >= 15 is 0 Å². The monoisotopic (exact) mass is 371 g/mol. The fourth-order valence-corrected chi connectivity index (χ4v) is 2.31. The lowest BCUT2D eigenvalue weighted by Gasteiger charge is -2.10. The highest BCUT2D eigenvalue weighted by Gasteiger charge is 2.13. The van der Waals surface area contributed by atoms with E-state index in [1.54, 1.807) is 31.2 Å². The molecule has 0 aliphatic carbocycles. The molecule has 0 aliphatic heterocycles. The number of amides is 1. The van der Waals surface area contributed by atoms with Crippen LogP contribution in [0.25, 0.3) is 11.3 Å². The first-order valence-corrected chi connectivity index (χ1v) is 8.26. The molecule has 0 spiro atoms. The van der Waals surface area contributed by atoms with Gasteiger partial charge in [-0.05, 0) is 37.3 Å². The molecule has 2 aromatic heterocycles. The molecule has 0 bridgehead atoms. The molecule has 3 rings (SSSR count). The Morgan fingerprint density at radius 2 is 2.07 bits per heavy atom. The molecule has 7 nitrogen and oxygen atoms in total. The summed E-state index contributed by atoms with van der Waals surface area (Å²) in [5, 5.41) is 15.5. The Morgan fingerprint density at radius 1 is 1.30 bits per heavy atom. The number of aliphatic hydroxyl groups is 1. The molecule has 2 N–H and O–H groups in total. The zero-order chi connectivity index (χ0) is 19.2. The average molecular weight is 371 g/mol. The molecule has 27 heavy (non-hydrogen) atoms. The van der Waals surface area contributed by atoms with Gasteiger partial charge in [0.2, 0.25) is 5.88 Å². The van der Waals surface area contributed by atoms with Crippen LogP contribution in [0.4, 0.5) is 4.39 Å². The maximum atomic E-state index is 13.1. The average Bonchev–Trinajstić information content (AvgIpc) is 3.15. The van der Waals surface area contributed by atoms with Gasteiger partial charge in [0.1, 0.15) is 24.4 Å². The van der Waals surface area contributed by atoms with Crippen LogP contribution in [0.1, 0.15) is 22.8 Å². The number of ether oxygens (including phenoxy) is 1. The van der Waals surface area contributed by atoms with Gasteiger partial charge in [-0.3, -0.25) is 4.79 Å². The van der Waals surface area contributed by atoms with Crippen molar-refractivity contribution >= 4 is 5.91 Å². The summed E-state index contributed by atoms with van der Waals surface area (Å²) in [7, 11) is 0. The number of aliphatic hydroxyl groups excluding tert-OH is 1. The summed E-state index contributed by atoms with van der Waals surface area (Å²) in [5.74, 6) is -0.331. The van der Waals surface area contributed by atoms with Crippen molar-refractivity contribution in [3.8, 4) is 17.1 Å². The van der Waals surface area contributed by atoms with E-state index in [2.05, 4.69) is 15.5 Å². The molecule has 0 saturated carbocycles. The Kier molecular flexibility index (Phi) is 5.77. The van der Waals surface area contributed by atoms with Crippen LogP contribution in [0.15, 0.2) is 53.4 Å². The number of nitrogens with zero attached hydrogens (tertiary/aromatic N) is 2. The Morgan fingerprint density at radius 3 is 2.74 bits per heavy atom. The van der Waals surface area contributed by atoms with Crippen LogP contribution in [0, 0.1) is 5.82 Å². The number of benzene rings is 1. The Hall–Kier alpha value is -3.26. The Balaban J connectivity index is 1.63. The number of nitrogens with one attached hydrogen (secondary N) is 1. The largest absolute Gasteiger partial charge is 0.473 e. The van der Waals surface area contributed by atoms with Crippen molar-refractivity contribution < 1.29 is 23.6 Å². The maximum absolute atomic E-state index is 13.1. The summed E-state index contributed by atoms with van der Waals surface area (Å²) in [6.45, 7) is 1.70. The molecule has 2 heterocycles. The van der Waals surface area contributed by atoms with Gasteiger partial charge in [-0.25, -0.2) is 9.37 Å². The third-order valence-electron chi connectivity index (χ3n) is 3.79. The molecule has 0 radical (unpaired) electrons. The highest BCUT2D eigenvalue weighted by Crippen LogP contribution is 2.23. The van der Waals surface area contributed by atoms with E-state index in [4.69, 9.17) is 14.4 Å². The molecule has 0 aliphatic rings. The van der Waals surface area contributed by atoms with Crippen molar-refractivity contribution in [2.24, 2.45) is 0 Å². The van der Waals surface area contributed by atoms with E-state index in [-0.39, 0.29) is 31.0 Å². The number of hydrogen-bond acceptors (Lipinski definition) is 6. The zero-order valence-electron chi connectivity index (χ0n) is 14.6. The second kappa shape index (κ2) is 8.41. The van der Waals surface area contributed by atoms with Gasteiger partial charge in [0.05, 0.1) is 17.7 Å². The van der Waals surface area contributed by atoms with Crippen LogP contribution in [-0.2, 0) is 6.61 Å². The van der Waals surface area contributed by atoms with Crippen molar-refractivity contribution in [2.45, 2.75) is 19.6 Å². The highest BCUT2D eigenvalue weighted by molar-refractivity contribution is 5.94. The fraction of sp³-hybridized carbons (Fsp3) is 0.211. The normalized spacial score (nSPS) is 11.8. The predicted octanol–water partition coefficient (Wildman–Crippen LogP) is 2.57. The molecular formula is C19H18FN3O4. The number of pyridine rings is 1. The first-order chi connectivity index (χ1) is 13.1. The van der Waals surface area contributed by atoms with E-state index in [0.717, 1.165) is 0 Å². The zero-order valence-corrected chi connectivity index (χ0v) is 14.6. The van der Waals surface area contributed by atoms with Gasteiger partial charge in [0.15, 0.2) is 0 Å². The van der Waals surface area contributed by atoms with Crippen molar-refractivity contribution in [1.82, 2.24) is 15.5 Å². The first-order valence-electron chi connectivity index (χ1n) is 8.26. The van der Waals surface area contributed by atoms with Gasteiger partial charge < -0.3 is 19.7 Å². The number of halogens is 1. The minimum Gasteiger partial charge on any atom is -0.473 e. The smallest absolute Gasteiger partial charge is 0.253 e. The lowest BCUT2D eigenvalue weighted by Crippen LogP contribution is -2.35. The molecule has 1 atom stereocenters. The van der Waals surface area contributed by atoms with Gasteiger partial charge in [0, 0.05) is 23.9 Å². The number of carbonyl (C=O) groups is 1. The van der Waals surface area contributed by atoms with Gasteiger partial charge in [0.25, 0.3) is 5.91 Å². The van der Waals surface area contributed by atoms with Gasteiger partial charge in [-0.15, -0.1) is 0 Å². The fourth-order valence-electron chi connectivity index (χ4n) is 2.31. The maximum Gasteiger partial charge on any atom is 0.253 e. The number of hydrogen-bond donors (Lipinski definition) is 2. The molecule has 1 unspecified atom stereocenters. The van der Waals surface area contributed by atoms with E-state index in [1.165, 1.54) is 24.6 Å². The third-order valence-corrected chi connectivity index (χ3v) is 3.79. The van der Waals surface area contributed by atoms with E-state index < -0.39 is 0 Å². The molecule has 1 aromatic carbocycles. The van der Waals surface area contributed by atoms with Crippen molar-refractivity contribution in [2.75, 3.05) is 6.61 Å². The van der Waals surface area contributed by atoms with Gasteiger partial charge >= 0.3 is 0 Å². The van der Waals surface area contributed by atoms with Gasteiger partial charge in [-0.2, -0.15) is 0 Å². The predicted molar refractivity (Wildman–Crippen MR) is 94.5 cm³/mol. The lowest BCUT2D eigenvalue weighted by atomic mass is 10.1. The Labute approximate surface area is 154 Å². The number of rotatable bonds is 7. The van der Waals surface area contributed by atoms with Crippen LogP contribution in [0.3, 0.4) is 0 Å². The summed E-state index contributed by atoms with van der Waals surface area (Å²) in [6, 6.07) is 8.72. The first kappa shape index (κ1) is 18.5. The van der Waals surface area contributed by atoms with Gasteiger partial charge in [-0.1, -0.05) is 5.16 Å². The lowest BCUT2D eigenvalue weighted by molar-refractivity contribution is 0.0922. The standard InChI is InChI=1S/C19H18FN3O4/c1-12(9-24)22-19(25)14-4-7-17(21-8-14)26-10-15-11-27-23-18(15)13-2-5-16(20)6-3-13/h2-8,11-12,24H,9-10H2,1H3,(H,22,25). The Bertz CT molecular complexity index is 894. The third kappa shape index (κ3) is 4.68. The molecule has 140 valence electrons. The summed E-state index contributed by atoms with van der Waals surface area (Å²) in [6.07, 6.45) is 2.85. The van der Waals surface area contributed by atoms with Crippen molar-refractivity contribution in [3.05, 3.63) is 65.8 Å². The SMILES string of the molecule is CC(CO)NC(=O)c1ccc(OCc2conc2-c2ccc(F)cc2)nc1. The number of carbonyl (C=O) groups excluding carboxylic acids is 1. The number of aromatic nitrogens is 2. The highest BCUT2D eigenvalue weighted by atomic mass is 19.1. The van der Waals surface area contributed by atoms with E-state index in [0.29, 0.717) is 28.3 Å². The van der Waals surface area contributed by atoms with Crippen molar-refractivity contribution in [1.29, 1.82) is 0 Å². The van der Waals surface area contributed by atoms with E-state index in [1.807, 2.05) is 0 Å². The second-order valence-corrected chi connectivity index (χ2v) is 5.93. The summed E-state index contributed by atoms with van der Waals surface area (Å²) in [4.78, 5) is 16.0. The summed E-state index contributed by atoms with van der Waals surface area (Å²) in [5.41, 5.74) is 2.31. The molecule has 0 fully saturated rings. The van der Waals surface area contributed by atoms with Crippen LogP contribution < -0.4 is 10.1 Å². The quantitative estimate of drug-likeness (QED) is 0.662. The molecular weight excluding hydrogens is 353 g/mol. The van der Waals surface area contributed by atoms with Crippen LogP contribution in [0.5, 0.6) is 5.88 Å². The second-order valence-electron chi connectivity index (χ2n) is 5.93. The molecule has 1 amide bonds. The molecule has 8 heteroatoms. The topological polar surface area (TPSA) is 97.5 Å². The van der Waals surface area contributed by atoms with Crippen LogP contribution >= 0.6 is 0 Å². The van der Waals surface area contributed by atoms with Crippen LogP contribution in [-0.4, -0.2) is 33.8 Å². The molecule has 0 saturated heterocycles. The van der Waals surface area contributed by atoms with Crippen LogP contribution in [0.2, 0.25) is 0 Å². The summed E-state index contributed by atoms with van der Waals surface area (Å²) >= 11 is 0. The van der Waals surface area contributed by atoms with E-state index in [9.17, 15) is 9.18 Å². The summed E-state index contributed by atoms with van der Waals surface area (Å²) < 4.78 is 23.7. The minimum absolute atomic E-state index is 0.143. The van der Waals surface area contributed by atoms with Crippen molar-refractivity contribution in [3.63, 3.8) is 0 Å².